The third-order valence-electron chi connectivity index (χ3n) is 3.83. The van der Waals surface area contributed by atoms with Gasteiger partial charge in [-0.3, -0.25) is 4.79 Å². The summed E-state index contributed by atoms with van der Waals surface area (Å²) in [4.78, 5) is 33.2. The molecule has 4 N–H and O–H groups in total. The highest BCUT2D eigenvalue weighted by Crippen LogP contribution is 2.42. The molecule has 2 unspecified atom stereocenters. The van der Waals surface area contributed by atoms with Crippen molar-refractivity contribution in [3.63, 3.8) is 0 Å². The number of aliphatic carboxylic acids is 2. The van der Waals surface area contributed by atoms with Gasteiger partial charge in [-0.25, -0.2) is 9.59 Å². The largest absolute Gasteiger partial charge is 0.481 e. The van der Waals surface area contributed by atoms with E-state index in [2.05, 4.69) is 10.6 Å². The number of hydrogen-bond donors (Lipinski definition) is 4. The zero-order chi connectivity index (χ0) is 16.2. The van der Waals surface area contributed by atoms with Crippen LogP contribution in [0, 0.1) is 5.41 Å². The van der Waals surface area contributed by atoms with Crippen LogP contribution in [0.3, 0.4) is 0 Å². The molecule has 1 saturated carbocycles. The topological polar surface area (TPSA) is 125 Å². The van der Waals surface area contributed by atoms with Crippen LogP contribution in [0.2, 0.25) is 0 Å². The highest BCUT2D eigenvalue weighted by atomic mass is 16.5. The fraction of sp³-hybridized carbons (Fsp3) is 0.769. The lowest BCUT2D eigenvalue weighted by Crippen LogP contribution is -2.64. The van der Waals surface area contributed by atoms with Gasteiger partial charge in [-0.05, 0) is 13.3 Å². The minimum atomic E-state index is -1.45. The molecule has 1 aliphatic carbocycles. The summed E-state index contributed by atoms with van der Waals surface area (Å²) in [5.74, 6) is -2.67. The highest BCUT2D eigenvalue weighted by Gasteiger charge is 2.49. The van der Waals surface area contributed by atoms with Gasteiger partial charge in [0.25, 0.3) is 0 Å². The van der Waals surface area contributed by atoms with Gasteiger partial charge in [-0.2, -0.15) is 0 Å². The summed E-state index contributed by atoms with van der Waals surface area (Å²) in [7, 11) is 0. The molecule has 1 fully saturated rings. The van der Waals surface area contributed by atoms with Crippen molar-refractivity contribution in [2.75, 3.05) is 6.61 Å². The smallest absolute Gasteiger partial charge is 0.326 e. The van der Waals surface area contributed by atoms with E-state index in [9.17, 15) is 14.4 Å². The Balaban J connectivity index is 2.50. The molecule has 0 aromatic rings. The van der Waals surface area contributed by atoms with E-state index in [0.717, 1.165) is 0 Å². The van der Waals surface area contributed by atoms with Gasteiger partial charge in [-0.1, -0.05) is 13.8 Å². The first-order valence-corrected chi connectivity index (χ1v) is 6.81. The molecule has 3 atom stereocenters. The highest BCUT2D eigenvalue weighted by molar-refractivity contribution is 5.86. The van der Waals surface area contributed by atoms with Crippen LogP contribution in [-0.4, -0.2) is 53.0 Å². The van der Waals surface area contributed by atoms with Gasteiger partial charge in [0.05, 0.1) is 12.5 Å². The van der Waals surface area contributed by atoms with E-state index >= 15 is 0 Å². The van der Waals surface area contributed by atoms with Crippen molar-refractivity contribution in [2.45, 2.75) is 51.8 Å². The summed E-state index contributed by atoms with van der Waals surface area (Å²) in [6, 6.07) is -2.28. The lowest BCUT2D eigenvalue weighted by Gasteiger charge is -2.51. The van der Waals surface area contributed by atoms with Crippen LogP contribution in [0.25, 0.3) is 0 Å². The molecule has 0 radical (unpaired) electrons. The first-order valence-electron chi connectivity index (χ1n) is 6.81. The van der Waals surface area contributed by atoms with Crippen molar-refractivity contribution in [1.82, 2.24) is 10.6 Å². The number of amides is 2. The van der Waals surface area contributed by atoms with Crippen LogP contribution in [0.15, 0.2) is 0 Å². The second-order valence-corrected chi connectivity index (χ2v) is 5.66. The van der Waals surface area contributed by atoms with Crippen molar-refractivity contribution in [3.05, 3.63) is 0 Å². The Morgan fingerprint density at radius 1 is 1.33 bits per heavy atom. The standard InChI is InChI=1S/C13H22N2O6/c1-4-21-9-6-8(13(9,2)3)15-12(20)14-7(11(18)19)5-10(16)17/h7-9H,4-6H2,1-3H3,(H,16,17)(H,18,19)(H2,14,15,20)/t7-,8?,9?/m0/s1. The molecular weight excluding hydrogens is 280 g/mol. The molecule has 0 heterocycles. The molecule has 2 amide bonds. The summed E-state index contributed by atoms with van der Waals surface area (Å²) in [6.45, 7) is 6.39. The van der Waals surface area contributed by atoms with Gasteiger partial charge in [-0.15, -0.1) is 0 Å². The van der Waals surface area contributed by atoms with E-state index in [4.69, 9.17) is 14.9 Å². The van der Waals surface area contributed by atoms with E-state index in [-0.39, 0.29) is 17.6 Å². The molecule has 0 saturated heterocycles. The molecule has 0 aromatic heterocycles. The second-order valence-electron chi connectivity index (χ2n) is 5.66. The Bertz CT molecular complexity index is 423. The molecular formula is C13H22N2O6. The average molecular weight is 302 g/mol. The molecule has 0 aliphatic heterocycles. The monoisotopic (exact) mass is 302 g/mol. The van der Waals surface area contributed by atoms with Crippen molar-refractivity contribution in [3.8, 4) is 0 Å². The van der Waals surface area contributed by atoms with Crippen molar-refractivity contribution in [1.29, 1.82) is 0 Å². The van der Waals surface area contributed by atoms with Gasteiger partial charge < -0.3 is 25.6 Å². The summed E-state index contributed by atoms with van der Waals surface area (Å²) < 4.78 is 5.53. The quantitative estimate of drug-likeness (QED) is 0.540. The van der Waals surface area contributed by atoms with Crippen LogP contribution in [0.1, 0.15) is 33.6 Å². The first-order chi connectivity index (χ1) is 9.68. The molecule has 120 valence electrons. The Labute approximate surface area is 122 Å². The number of carboxylic acids is 2. The normalized spacial score (nSPS) is 24.5. The fourth-order valence-corrected chi connectivity index (χ4v) is 2.35. The van der Waals surface area contributed by atoms with Crippen LogP contribution in [0.5, 0.6) is 0 Å². The Morgan fingerprint density at radius 3 is 2.38 bits per heavy atom. The van der Waals surface area contributed by atoms with Gasteiger partial charge >= 0.3 is 18.0 Å². The third kappa shape index (κ3) is 4.32. The van der Waals surface area contributed by atoms with Gasteiger partial charge in [0.15, 0.2) is 0 Å². The molecule has 0 bridgehead atoms. The Hall–Kier alpha value is -1.83. The predicted octanol–water partition coefficient (Wildman–Crippen LogP) is 0.417. The zero-order valence-electron chi connectivity index (χ0n) is 12.4. The summed E-state index contributed by atoms with van der Waals surface area (Å²) in [5, 5.41) is 22.3. The number of carboxylic acid groups (broad SMARTS) is 2. The lowest BCUT2D eigenvalue weighted by atomic mass is 9.64. The number of nitrogens with one attached hydrogen (secondary N) is 2. The third-order valence-corrected chi connectivity index (χ3v) is 3.83. The summed E-state index contributed by atoms with van der Waals surface area (Å²) in [6.07, 6.45) is 0.0191. The molecule has 0 aromatic carbocycles. The van der Waals surface area contributed by atoms with E-state index < -0.39 is 30.4 Å². The Morgan fingerprint density at radius 2 is 1.95 bits per heavy atom. The number of urea groups is 1. The maximum atomic E-state index is 11.8. The fourth-order valence-electron chi connectivity index (χ4n) is 2.35. The van der Waals surface area contributed by atoms with Crippen LogP contribution < -0.4 is 10.6 Å². The Kier molecular flexibility index (Phi) is 5.54. The zero-order valence-corrected chi connectivity index (χ0v) is 12.4. The van der Waals surface area contributed by atoms with Gasteiger partial charge in [0, 0.05) is 18.1 Å². The minimum Gasteiger partial charge on any atom is -0.481 e. The van der Waals surface area contributed by atoms with Crippen molar-refractivity contribution >= 4 is 18.0 Å². The lowest BCUT2D eigenvalue weighted by molar-refractivity contribution is -0.145. The molecule has 1 rings (SSSR count). The number of rotatable bonds is 7. The minimum absolute atomic E-state index is 0.0436. The molecule has 8 heteroatoms. The van der Waals surface area contributed by atoms with Crippen molar-refractivity contribution < 1.29 is 29.3 Å². The van der Waals surface area contributed by atoms with E-state index in [1.165, 1.54) is 0 Å². The van der Waals surface area contributed by atoms with Gasteiger partial charge in [0.1, 0.15) is 6.04 Å². The predicted molar refractivity (Wildman–Crippen MR) is 72.9 cm³/mol. The molecule has 8 nitrogen and oxygen atoms in total. The van der Waals surface area contributed by atoms with Crippen molar-refractivity contribution in [2.24, 2.45) is 5.41 Å². The number of carbonyl (C=O) groups excluding carboxylic acids is 1. The second kappa shape index (κ2) is 6.75. The van der Waals surface area contributed by atoms with E-state index in [1.54, 1.807) is 0 Å². The molecule has 1 aliphatic rings. The molecule has 21 heavy (non-hydrogen) atoms. The summed E-state index contributed by atoms with van der Waals surface area (Å²) in [5.41, 5.74) is -0.251. The van der Waals surface area contributed by atoms with Crippen LogP contribution in [-0.2, 0) is 14.3 Å². The van der Waals surface area contributed by atoms with E-state index in [0.29, 0.717) is 13.0 Å². The molecule has 0 spiro atoms. The van der Waals surface area contributed by atoms with Crippen LogP contribution in [0.4, 0.5) is 4.79 Å². The number of ether oxygens (including phenoxy) is 1. The van der Waals surface area contributed by atoms with Gasteiger partial charge in [0.2, 0.25) is 0 Å². The maximum absolute atomic E-state index is 11.8. The number of hydrogen-bond acceptors (Lipinski definition) is 4. The summed E-state index contributed by atoms with van der Waals surface area (Å²) >= 11 is 0. The van der Waals surface area contributed by atoms with Crippen LogP contribution >= 0.6 is 0 Å². The first kappa shape index (κ1) is 17.2. The average Bonchev–Trinajstić information content (AvgIpc) is 2.36. The number of carbonyl (C=O) groups is 3. The maximum Gasteiger partial charge on any atom is 0.326 e. The SMILES string of the molecule is CCOC1CC(NC(=O)N[C@@H](CC(=O)O)C(=O)O)C1(C)C. The van der Waals surface area contributed by atoms with E-state index in [1.807, 2.05) is 20.8 Å².